The molecule has 0 atom stereocenters. The van der Waals surface area contributed by atoms with Crippen LogP contribution in [0.3, 0.4) is 0 Å². The van der Waals surface area contributed by atoms with Crippen LogP contribution in [0.2, 0.25) is 0 Å². The molecule has 2 rings (SSSR count). The van der Waals surface area contributed by atoms with Crippen LogP contribution in [0.4, 0.5) is 0 Å². The van der Waals surface area contributed by atoms with Crippen molar-refractivity contribution in [2.45, 2.75) is 12.8 Å². The monoisotopic (exact) mass is 314 g/mol. The smallest absolute Gasteiger partial charge is 0.317 e. The lowest BCUT2D eigenvalue weighted by atomic mass is 10.3. The first-order chi connectivity index (χ1) is 10.5. The van der Waals surface area contributed by atoms with Gasteiger partial charge in [0, 0.05) is 26.2 Å². The second-order valence-corrected chi connectivity index (χ2v) is 5.69. The Morgan fingerprint density at radius 1 is 1.00 bits per heavy atom. The van der Waals surface area contributed by atoms with Crippen LogP contribution in [-0.2, 0) is 4.79 Å². The Labute approximate surface area is 128 Å². The number of aliphatic hydroxyl groups is 1. The third-order valence-electron chi connectivity index (χ3n) is 3.95. The van der Waals surface area contributed by atoms with Crippen molar-refractivity contribution in [2.75, 3.05) is 52.4 Å². The molecule has 1 saturated heterocycles. The molecule has 1 heterocycles. The minimum absolute atomic E-state index is 0.132. The molecule has 0 bridgehead atoms. The van der Waals surface area contributed by atoms with Gasteiger partial charge < -0.3 is 10.2 Å². The summed E-state index contributed by atoms with van der Waals surface area (Å²) in [5, 5.41) is 30.5. The number of hydrazine groups is 1. The lowest BCUT2D eigenvalue weighted by Crippen LogP contribution is -2.40. The second kappa shape index (κ2) is 7.41. The maximum absolute atomic E-state index is 11.0. The zero-order valence-corrected chi connectivity index (χ0v) is 12.5. The highest BCUT2D eigenvalue weighted by molar-refractivity contribution is 5.69. The summed E-state index contributed by atoms with van der Waals surface area (Å²) < 4.78 is 0. The first-order valence-corrected chi connectivity index (χ1v) is 7.41. The van der Waals surface area contributed by atoms with Gasteiger partial charge in [-0.25, -0.2) is 10.1 Å². The first-order valence-electron chi connectivity index (χ1n) is 7.41. The summed E-state index contributed by atoms with van der Waals surface area (Å²) in [6, 6.07) is 0. The number of carbonyl (C=O) groups is 1. The Morgan fingerprint density at radius 2 is 1.50 bits per heavy atom. The molecule has 0 aromatic carbocycles. The number of nitro groups is 1. The molecule has 2 aliphatic rings. The van der Waals surface area contributed by atoms with Crippen molar-refractivity contribution >= 4 is 5.97 Å². The first kappa shape index (κ1) is 16.5. The van der Waals surface area contributed by atoms with Gasteiger partial charge in [-0.05, 0) is 18.4 Å². The number of carboxylic acids is 1. The maximum Gasteiger partial charge on any atom is 0.317 e. The van der Waals surface area contributed by atoms with E-state index in [4.69, 9.17) is 5.11 Å². The van der Waals surface area contributed by atoms with Crippen molar-refractivity contribution in [1.29, 1.82) is 0 Å². The molecule has 0 unspecified atom stereocenters. The second-order valence-electron chi connectivity index (χ2n) is 5.69. The molecule has 1 saturated carbocycles. The van der Waals surface area contributed by atoms with E-state index in [0.717, 1.165) is 23.4 Å². The Morgan fingerprint density at radius 3 is 1.95 bits per heavy atom. The van der Waals surface area contributed by atoms with Gasteiger partial charge in [-0.2, -0.15) is 0 Å². The zero-order chi connectivity index (χ0) is 16.1. The van der Waals surface area contributed by atoms with E-state index < -0.39 is 11.0 Å². The summed E-state index contributed by atoms with van der Waals surface area (Å²) >= 11 is 0. The zero-order valence-electron chi connectivity index (χ0n) is 12.5. The molecule has 2 N–H and O–H groups in total. The quantitative estimate of drug-likeness (QED) is 0.407. The Kier molecular flexibility index (Phi) is 5.56. The number of hydrogen-bond donors (Lipinski definition) is 2. The number of allylic oxidation sites excluding steroid dienone is 1. The van der Waals surface area contributed by atoms with Crippen LogP contribution in [0, 0.1) is 10.1 Å². The summed E-state index contributed by atoms with van der Waals surface area (Å²) in [6.07, 6.45) is 1.84. The van der Waals surface area contributed by atoms with Crippen LogP contribution in [0.15, 0.2) is 11.3 Å². The predicted molar refractivity (Wildman–Crippen MR) is 78.0 cm³/mol. The topological polar surface area (TPSA) is 110 Å². The van der Waals surface area contributed by atoms with Gasteiger partial charge in [-0.1, -0.05) is 0 Å². The Balaban J connectivity index is 2.00. The average Bonchev–Trinajstić information content (AvgIpc) is 3.25. The van der Waals surface area contributed by atoms with Gasteiger partial charge in [-0.15, -0.1) is 5.01 Å². The molecule has 9 heteroatoms. The summed E-state index contributed by atoms with van der Waals surface area (Å²) in [4.78, 5) is 25.5. The van der Waals surface area contributed by atoms with Crippen molar-refractivity contribution in [3.8, 4) is 0 Å². The highest BCUT2D eigenvalue weighted by atomic mass is 16.7. The molecule has 0 aromatic rings. The van der Waals surface area contributed by atoms with Crippen molar-refractivity contribution in [2.24, 2.45) is 0 Å². The number of aliphatic carboxylic acids is 1. The lowest BCUT2D eigenvalue weighted by molar-refractivity contribution is -0.655. The van der Waals surface area contributed by atoms with Crippen LogP contribution in [0.1, 0.15) is 12.8 Å². The van der Waals surface area contributed by atoms with E-state index in [1.165, 1.54) is 0 Å². The van der Waals surface area contributed by atoms with Gasteiger partial charge in [0.15, 0.2) is 5.03 Å². The van der Waals surface area contributed by atoms with Crippen LogP contribution in [0.25, 0.3) is 0 Å². The fourth-order valence-corrected chi connectivity index (χ4v) is 2.48. The van der Waals surface area contributed by atoms with E-state index in [0.29, 0.717) is 38.5 Å². The normalized spacial score (nSPS) is 20.9. The molecule has 1 aliphatic heterocycles. The fraction of sp³-hybridized carbons (Fsp3) is 0.769. The van der Waals surface area contributed by atoms with E-state index in [1.54, 1.807) is 4.90 Å². The molecular formula is C13H22N4O5. The van der Waals surface area contributed by atoms with Gasteiger partial charge in [0.25, 0.3) is 0 Å². The van der Waals surface area contributed by atoms with Crippen LogP contribution in [0.5, 0.6) is 0 Å². The van der Waals surface area contributed by atoms with Crippen molar-refractivity contribution in [3.63, 3.8) is 0 Å². The summed E-state index contributed by atoms with van der Waals surface area (Å²) in [5.41, 5.74) is 1.05. The highest BCUT2D eigenvalue weighted by Crippen LogP contribution is 2.30. The molecule has 0 aromatic heterocycles. The Hall–Kier alpha value is -1.87. The van der Waals surface area contributed by atoms with E-state index >= 15 is 0 Å². The van der Waals surface area contributed by atoms with Gasteiger partial charge in [-0.3, -0.25) is 14.6 Å². The summed E-state index contributed by atoms with van der Waals surface area (Å²) in [6.45, 7) is 2.61. The largest absolute Gasteiger partial charge is 0.511 e. The fourth-order valence-electron chi connectivity index (χ4n) is 2.48. The number of nitrogens with zero attached hydrogens (tertiary/aromatic N) is 4. The molecule has 9 nitrogen and oxygen atoms in total. The average molecular weight is 314 g/mol. The van der Waals surface area contributed by atoms with E-state index in [1.807, 2.05) is 4.90 Å². The van der Waals surface area contributed by atoms with E-state index in [9.17, 15) is 20.0 Å². The molecule has 2 fully saturated rings. The molecule has 0 spiro atoms. The summed E-state index contributed by atoms with van der Waals surface area (Å²) in [5.74, 6) is -0.585. The minimum Gasteiger partial charge on any atom is -0.511 e. The minimum atomic E-state index is -0.943. The van der Waals surface area contributed by atoms with Gasteiger partial charge in [0.05, 0.1) is 26.2 Å². The molecule has 1 aliphatic carbocycles. The standard InChI is InChI=1S/C13H22N4O5/c18-12(11-1-2-11)9-14-3-4-15(10-13(19)20)6-8-16(7-5-14)17(21)22/h18H,1-10H2,(H,19,20). The van der Waals surface area contributed by atoms with Crippen LogP contribution >= 0.6 is 0 Å². The molecule has 0 radical (unpaired) electrons. The molecule has 22 heavy (non-hydrogen) atoms. The lowest BCUT2D eigenvalue weighted by Gasteiger charge is -2.24. The summed E-state index contributed by atoms with van der Waals surface area (Å²) in [7, 11) is 0. The van der Waals surface area contributed by atoms with E-state index in [-0.39, 0.29) is 19.6 Å². The predicted octanol–water partition coefficient (Wildman–Crippen LogP) is -0.212. The maximum atomic E-state index is 11.0. The van der Waals surface area contributed by atoms with Crippen molar-refractivity contribution in [3.05, 3.63) is 21.4 Å². The SMILES string of the molecule is O=C(O)CN1CCN(CC(O)=C2CC2)CCN([N+](=O)[O-])CC1. The van der Waals surface area contributed by atoms with Gasteiger partial charge in [0.2, 0.25) is 0 Å². The van der Waals surface area contributed by atoms with Gasteiger partial charge >= 0.3 is 5.97 Å². The molecule has 0 amide bonds. The number of aliphatic hydroxyl groups excluding tert-OH is 1. The number of hydrogen-bond acceptors (Lipinski definition) is 6. The van der Waals surface area contributed by atoms with Crippen molar-refractivity contribution in [1.82, 2.24) is 14.8 Å². The Bertz CT molecular complexity index is 461. The number of carboxylic acid groups (broad SMARTS) is 1. The number of rotatable bonds is 5. The van der Waals surface area contributed by atoms with E-state index in [2.05, 4.69) is 0 Å². The molecule has 124 valence electrons. The highest BCUT2D eigenvalue weighted by Gasteiger charge is 2.24. The van der Waals surface area contributed by atoms with Gasteiger partial charge in [0.1, 0.15) is 5.76 Å². The third-order valence-corrected chi connectivity index (χ3v) is 3.95. The van der Waals surface area contributed by atoms with Crippen molar-refractivity contribution < 1.29 is 20.0 Å². The van der Waals surface area contributed by atoms with Crippen LogP contribution < -0.4 is 0 Å². The third kappa shape index (κ3) is 5.15. The van der Waals surface area contributed by atoms with Crippen LogP contribution in [-0.4, -0.2) is 88.4 Å². The molecular weight excluding hydrogens is 292 g/mol.